The Balaban J connectivity index is 1.64. The van der Waals surface area contributed by atoms with E-state index in [4.69, 9.17) is 21.1 Å². The van der Waals surface area contributed by atoms with Crippen LogP contribution in [-0.2, 0) is 7.05 Å². The Kier molecular flexibility index (Phi) is 5.22. The summed E-state index contributed by atoms with van der Waals surface area (Å²) in [5.74, 6) is 2.79. The minimum absolute atomic E-state index is 0.182. The molecule has 2 bridgehead atoms. The van der Waals surface area contributed by atoms with Crippen molar-refractivity contribution in [1.82, 2.24) is 14.5 Å². The summed E-state index contributed by atoms with van der Waals surface area (Å²) in [7, 11) is 1.95. The first-order valence-corrected chi connectivity index (χ1v) is 10.7. The van der Waals surface area contributed by atoms with E-state index in [0.29, 0.717) is 35.2 Å². The summed E-state index contributed by atoms with van der Waals surface area (Å²) in [6, 6.07) is 2.16. The molecule has 8 nitrogen and oxygen atoms in total. The monoisotopic (exact) mass is 411 g/mol. The van der Waals surface area contributed by atoms with Crippen molar-refractivity contribution in [2.75, 3.05) is 10.6 Å². The number of nitrogens with zero attached hydrogens (tertiary/aromatic N) is 3. The number of nitrogens with two attached hydrogens (primary N) is 1. The van der Waals surface area contributed by atoms with Gasteiger partial charge in [0, 0.05) is 25.0 Å². The van der Waals surface area contributed by atoms with Crippen molar-refractivity contribution in [3.63, 3.8) is 0 Å². The van der Waals surface area contributed by atoms with Gasteiger partial charge in [-0.05, 0) is 69.4 Å². The Morgan fingerprint density at radius 3 is 2.87 bits per heavy atom. The normalized spacial score (nSPS) is 31.6. The second kappa shape index (κ2) is 7.58. The van der Waals surface area contributed by atoms with Gasteiger partial charge in [-0.15, -0.1) is 0 Å². The van der Waals surface area contributed by atoms with E-state index >= 15 is 0 Å². The van der Waals surface area contributed by atoms with Crippen LogP contribution in [0.15, 0.2) is 24.0 Å². The molecule has 0 aromatic carbocycles. The second-order valence-corrected chi connectivity index (χ2v) is 9.64. The summed E-state index contributed by atoms with van der Waals surface area (Å²) in [4.78, 5) is 9.47. The number of fused-ring (bicyclic) bond motifs is 3. The standard InChI is InChI=1S/C22H33N7O/c1-12-7-14-9-15(11-22(3,30)10-14)18(12)26-21-27-19(25-17(24)8-13(2)23)16-5-6-29(4)20(16)28-21/h5-6,8,12,14-15,18,30H,7,9-11,23H2,1-4H3,(H3,24,25,26,27,28)/b13-8-. The Morgan fingerprint density at radius 1 is 1.37 bits per heavy atom. The van der Waals surface area contributed by atoms with E-state index in [1.54, 1.807) is 13.0 Å². The highest BCUT2D eigenvalue weighted by Gasteiger charge is 2.45. The van der Waals surface area contributed by atoms with Gasteiger partial charge in [0.25, 0.3) is 0 Å². The van der Waals surface area contributed by atoms with Gasteiger partial charge < -0.3 is 26.0 Å². The van der Waals surface area contributed by atoms with E-state index in [9.17, 15) is 5.11 Å². The number of allylic oxidation sites excluding steroid dienone is 1. The van der Waals surface area contributed by atoms with Crippen molar-refractivity contribution >= 4 is 28.6 Å². The zero-order chi connectivity index (χ0) is 21.6. The first-order valence-electron chi connectivity index (χ1n) is 10.7. The molecule has 0 saturated heterocycles. The van der Waals surface area contributed by atoms with E-state index in [-0.39, 0.29) is 11.9 Å². The highest BCUT2D eigenvalue weighted by atomic mass is 16.3. The van der Waals surface area contributed by atoms with Gasteiger partial charge in [-0.3, -0.25) is 5.41 Å². The smallest absolute Gasteiger partial charge is 0.226 e. The lowest BCUT2D eigenvalue weighted by molar-refractivity contribution is -0.0502. The molecule has 6 N–H and O–H groups in total. The molecular formula is C22H33N7O. The molecule has 2 aliphatic rings. The van der Waals surface area contributed by atoms with Crippen molar-refractivity contribution in [2.24, 2.45) is 30.5 Å². The molecule has 2 fully saturated rings. The van der Waals surface area contributed by atoms with Crippen LogP contribution in [0.4, 0.5) is 11.8 Å². The lowest BCUT2D eigenvalue weighted by Crippen LogP contribution is -2.50. The molecular weight excluding hydrogens is 378 g/mol. The third-order valence-electron chi connectivity index (χ3n) is 6.54. The van der Waals surface area contributed by atoms with Gasteiger partial charge in [0.2, 0.25) is 5.95 Å². The molecule has 8 heteroatoms. The van der Waals surface area contributed by atoms with E-state index in [1.807, 2.05) is 30.8 Å². The SMILES string of the molecule is C/C(N)=C/C(=N)Nc1nc(NC2C(C)CC3CC2CC(C)(O)C3)nc2c1ccn2C. The third kappa shape index (κ3) is 4.14. The van der Waals surface area contributed by atoms with E-state index in [0.717, 1.165) is 36.7 Å². The molecule has 0 amide bonds. The largest absolute Gasteiger partial charge is 0.402 e. The predicted molar refractivity (Wildman–Crippen MR) is 120 cm³/mol. The maximum atomic E-state index is 10.7. The molecule has 2 saturated carbocycles. The van der Waals surface area contributed by atoms with Gasteiger partial charge in [-0.2, -0.15) is 9.97 Å². The van der Waals surface area contributed by atoms with Gasteiger partial charge >= 0.3 is 0 Å². The van der Waals surface area contributed by atoms with Crippen LogP contribution < -0.4 is 16.4 Å². The molecule has 2 aromatic rings. The quantitative estimate of drug-likeness (QED) is 0.389. The molecule has 0 aliphatic heterocycles. The Morgan fingerprint density at radius 2 is 2.13 bits per heavy atom. The molecule has 5 atom stereocenters. The number of aryl methyl sites for hydroxylation is 1. The molecule has 30 heavy (non-hydrogen) atoms. The van der Waals surface area contributed by atoms with E-state index in [2.05, 4.69) is 17.6 Å². The van der Waals surface area contributed by atoms with Crippen LogP contribution in [0.3, 0.4) is 0 Å². The van der Waals surface area contributed by atoms with Gasteiger partial charge in [0.05, 0.1) is 11.0 Å². The molecule has 4 rings (SSSR count). The van der Waals surface area contributed by atoms with Crippen LogP contribution in [0.2, 0.25) is 0 Å². The molecule has 0 spiro atoms. The predicted octanol–water partition coefficient (Wildman–Crippen LogP) is 3.21. The highest BCUT2D eigenvalue weighted by Crippen LogP contribution is 2.47. The minimum Gasteiger partial charge on any atom is -0.402 e. The number of rotatable bonds is 4. The highest BCUT2D eigenvalue weighted by molar-refractivity contribution is 6.05. The number of amidine groups is 1. The fourth-order valence-electron chi connectivity index (χ4n) is 5.55. The summed E-state index contributed by atoms with van der Waals surface area (Å²) in [5.41, 5.74) is 6.47. The average Bonchev–Trinajstić information content (AvgIpc) is 2.98. The lowest BCUT2D eigenvalue weighted by Gasteiger charge is -2.49. The second-order valence-electron chi connectivity index (χ2n) is 9.64. The topological polar surface area (TPSA) is 125 Å². The number of nitrogens with one attached hydrogen (secondary N) is 3. The summed E-state index contributed by atoms with van der Waals surface area (Å²) < 4.78 is 1.95. The number of anilines is 2. The van der Waals surface area contributed by atoms with Gasteiger partial charge in [-0.1, -0.05) is 6.92 Å². The maximum absolute atomic E-state index is 10.7. The first-order chi connectivity index (χ1) is 14.1. The Bertz CT molecular complexity index is 987. The summed E-state index contributed by atoms with van der Waals surface area (Å²) in [6.45, 7) is 5.99. The van der Waals surface area contributed by atoms with Gasteiger partial charge in [0.15, 0.2) is 0 Å². The van der Waals surface area contributed by atoms with Crippen LogP contribution >= 0.6 is 0 Å². The lowest BCUT2D eigenvalue weighted by atomic mass is 9.61. The van der Waals surface area contributed by atoms with E-state index < -0.39 is 5.60 Å². The third-order valence-corrected chi connectivity index (χ3v) is 6.54. The summed E-state index contributed by atoms with van der Waals surface area (Å²) >= 11 is 0. The Labute approximate surface area is 177 Å². The number of hydrogen-bond donors (Lipinski definition) is 5. The first kappa shape index (κ1) is 20.7. The summed E-state index contributed by atoms with van der Waals surface area (Å²) in [6.07, 6.45) is 7.45. The average molecular weight is 412 g/mol. The van der Waals surface area contributed by atoms with Crippen molar-refractivity contribution < 1.29 is 5.11 Å². The van der Waals surface area contributed by atoms with Crippen LogP contribution in [0, 0.1) is 23.2 Å². The van der Waals surface area contributed by atoms with Crippen molar-refractivity contribution in [2.45, 2.75) is 58.1 Å². The molecule has 0 radical (unpaired) electrons. The Hall–Kier alpha value is -2.61. The zero-order valence-electron chi connectivity index (χ0n) is 18.2. The van der Waals surface area contributed by atoms with E-state index in [1.165, 1.54) is 0 Å². The summed E-state index contributed by atoms with van der Waals surface area (Å²) in [5, 5.41) is 26.4. The van der Waals surface area contributed by atoms with Crippen LogP contribution in [0.25, 0.3) is 11.0 Å². The molecule has 2 aliphatic carbocycles. The van der Waals surface area contributed by atoms with Crippen molar-refractivity contribution in [1.29, 1.82) is 5.41 Å². The molecule has 162 valence electrons. The fourth-order valence-corrected chi connectivity index (χ4v) is 5.55. The van der Waals surface area contributed by atoms with Gasteiger partial charge in [0.1, 0.15) is 17.3 Å². The molecule has 5 unspecified atom stereocenters. The minimum atomic E-state index is -0.592. The van der Waals surface area contributed by atoms with Gasteiger partial charge in [-0.25, -0.2) is 0 Å². The zero-order valence-corrected chi connectivity index (χ0v) is 18.2. The van der Waals surface area contributed by atoms with Crippen LogP contribution in [0.1, 0.15) is 46.5 Å². The fraction of sp³-hybridized carbons (Fsp3) is 0.591. The number of hydrogen-bond acceptors (Lipinski definition) is 6. The van der Waals surface area contributed by atoms with Crippen molar-refractivity contribution in [3.05, 3.63) is 24.0 Å². The maximum Gasteiger partial charge on any atom is 0.226 e. The number of aliphatic hydroxyl groups is 1. The number of aromatic nitrogens is 3. The molecule has 2 aromatic heterocycles. The van der Waals surface area contributed by atoms with Crippen LogP contribution in [-0.4, -0.2) is 37.1 Å². The molecule has 2 heterocycles. The van der Waals surface area contributed by atoms with Crippen molar-refractivity contribution in [3.8, 4) is 0 Å². The van der Waals surface area contributed by atoms with Crippen LogP contribution in [0.5, 0.6) is 0 Å².